The number of allylic oxidation sites excluding steroid dienone is 1. The largest absolute Gasteiger partial charge is 0.130 e. The van der Waals surface area contributed by atoms with Crippen molar-refractivity contribution >= 4 is 22.6 Å². The molecule has 0 saturated carbocycles. The molecule has 0 aliphatic rings. The van der Waals surface area contributed by atoms with E-state index in [1.807, 2.05) is 0 Å². The monoisotopic (exact) mass is 236 g/mol. The smallest absolute Gasteiger partial charge is 0.00360 e. The van der Waals surface area contributed by atoms with E-state index in [0.29, 0.717) is 0 Å². The molecule has 52 valence electrons. The average molecular weight is 236 g/mol. The second kappa shape index (κ2) is 8.25. The van der Waals surface area contributed by atoms with Crippen LogP contribution in [-0.4, -0.2) is 4.43 Å². The highest BCUT2D eigenvalue weighted by atomic mass is 127. The fraction of sp³-hybridized carbons (Fsp3) is 0.625. The lowest BCUT2D eigenvalue weighted by Gasteiger charge is -1.77. The summed E-state index contributed by atoms with van der Waals surface area (Å²) >= 11 is 2.36. The molecule has 0 aromatic carbocycles. The van der Waals surface area contributed by atoms with E-state index in [1.165, 1.54) is 10.8 Å². The van der Waals surface area contributed by atoms with Gasteiger partial charge >= 0.3 is 0 Å². The van der Waals surface area contributed by atoms with Gasteiger partial charge in [-0.15, -0.1) is 5.73 Å². The maximum atomic E-state index is 3.13. The van der Waals surface area contributed by atoms with Crippen molar-refractivity contribution in [2.45, 2.75) is 26.2 Å². The second-order valence-electron chi connectivity index (χ2n) is 1.84. The molecule has 0 aliphatic carbocycles. The topological polar surface area (TPSA) is 0 Å². The van der Waals surface area contributed by atoms with Crippen molar-refractivity contribution in [1.82, 2.24) is 0 Å². The van der Waals surface area contributed by atoms with Crippen LogP contribution in [0.25, 0.3) is 0 Å². The number of halogens is 1. The van der Waals surface area contributed by atoms with E-state index in [4.69, 9.17) is 0 Å². The Morgan fingerprint density at radius 3 is 2.56 bits per heavy atom. The lowest BCUT2D eigenvalue weighted by molar-refractivity contribution is 0.959. The fourth-order valence-electron chi connectivity index (χ4n) is 0.449. The zero-order chi connectivity index (χ0) is 6.95. The van der Waals surface area contributed by atoms with Gasteiger partial charge < -0.3 is 0 Å². The Hall–Kier alpha value is 0.250. The highest BCUT2D eigenvalue weighted by Crippen LogP contribution is 1.90. The average Bonchev–Trinajstić information content (AvgIpc) is 1.89. The summed E-state index contributed by atoms with van der Waals surface area (Å²) in [7, 11) is 0. The van der Waals surface area contributed by atoms with Crippen molar-refractivity contribution in [3.63, 3.8) is 0 Å². The summed E-state index contributed by atoms with van der Waals surface area (Å²) in [6.07, 6.45) is 7.75. The van der Waals surface area contributed by atoms with Crippen LogP contribution in [0.4, 0.5) is 0 Å². The van der Waals surface area contributed by atoms with Gasteiger partial charge in [0, 0.05) is 4.43 Å². The zero-order valence-corrected chi connectivity index (χ0v) is 8.02. The van der Waals surface area contributed by atoms with Crippen LogP contribution >= 0.6 is 22.6 Å². The summed E-state index contributed by atoms with van der Waals surface area (Å²) in [5.41, 5.74) is 3.13. The Bertz CT molecular complexity index is 89.1. The van der Waals surface area contributed by atoms with Gasteiger partial charge in [0.2, 0.25) is 0 Å². The molecule has 0 unspecified atom stereocenters. The van der Waals surface area contributed by atoms with Crippen LogP contribution in [0.1, 0.15) is 26.2 Å². The third-order valence-corrected chi connectivity index (χ3v) is 1.54. The molecule has 0 atom stereocenters. The predicted octanol–water partition coefficient (Wildman–Crippen LogP) is 3.32. The lowest BCUT2D eigenvalue weighted by atomic mass is 10.3. The molecule has 0 aliphatic heterocycles. The van der Waals surface area contributed by atoms with Crippen LogP contribution in [0, 0.1) is 0 Å². The molecule has 0 fully saturated rings. The van der Waals surface area contributed by atoms with Crippen molar-refractivity contribution in [2.24, 2.45) is 0 Å². The molecule has 0 aromatic heterocycles. The van der Waals surface area contributed by atoms with Crippen LogP contribution in [0.15, 0.2) is 17.9 Å². The normalized spacial score (nSPS) is 8.22. The van der Waals surface area contributed by atoms with E-state index < -0.39 is 0 Å². The Balaban J connectivity index is 3.18. The molecule has 0 aromatic rings. The highest BCUT2D eigenvalue weighted by molar-refractivity contribution is 14.1. The van der Waals surface area contributed by atoms with Crippen molar-refractivity contribution < 1.29 is 0 Å². The van der Waals surface area contributed by atoms with Crippen molar-refractivity contribution in [2.75, 3.05) is 4.43 Å². The first-order valence-corrected chi connectivity index (χ1v) is 4.89. The molecular formula is C8H13I. The van der Waals surface area contributed by atoms with Gasteiger partial charge in [-0.05, 0) is 25.0 Å². The number of hydrogen-bond acceptors (Lipinski definition) is 0. The summed E-state index contributed by atoms with van der Waals surface area (Å²) in [5, 5.41) is 0. The first kappa shape index (κ1) is 9.25. The summed E-state index contributed by atoms with van der Waals surface area (Å²) in [4.78, 5) is 0. The van der Waals surface area contributed by atoms with Crippen molar-refractivity contribution in [3.05, 3.63) is 17.9 Å². The van der Waals surface area contributed by atoms with Crippen LogP contribution in [-0.2, 0) is 0 Å². The maximum Gasteiger partial charge on any atom is 0.00360 e. The Morgan fingerprint density at radius 1 is 1.33 bits per heavy atom. The molecule has 0 spiro atoms. The fourth-order valence-corrected chi connectivity index (χ4v) is 0.760. The second-order valence-corrected chi connectivity index (χ2v) is 2.92. The molecule has 0 radical (unpaired) electrons. The van der Waals surface area contributed by atoms with E-state index in [2.05, 4.69) is 47.4 Å². The molecule has 0 heterocycles. The van der Waals surface area contributed by atoms with Gasteiger partial charge in [0.15, 0.2) is 0 Å². The SMILES string of the molecule is CCCC=C=CCCI. The van der Waals surface area contributed by atoms with Gasteiger partial charge in [-0.1, -0.05) is 35.9 Å². The lowest BCUT2D eigenvalue weighted by Crippen LogP contribution is -1.62. The minimum Gasteiger partial charge on any atom is -0.130 e. The maximum absolute atomic E-state index is 3.13. The molecule has 0 bridgehead atoms. The number of hydrogen-bond donors (Lipinski definition) is 0. The van der Waals surface area contributed by atoms with Gasteiger partial charge in [-0.3, -0.25) is 0 Å². The minimum atomic E-state index is 1.15. The molecular weight excluding hydrogens is 223 g/mol. The summed E-state index contributed by atoms with van der Waals surface area (Å²) in [5.74, 6) is 0. The number of unbranched alkanes of at least 4 members (excludes halogenated alkanes) is 1. The molecule has 0 N–H and O–H groups in total. The first-order chi connectivity index (χ1) is 4.41. The van der Waals surface area contributed by atoms with Gasteiger partial charge in [0.05, 0.1) is 0 Å². The van der Waals surface area contributed by atoms with Crippen LogP contribution < -0.4 is 0 Å². The van der Waals surface area contributed by atoms with Crippen molar-refractivity contribution in [3.8, 4) is 0 Å². The quantitative estimate of drug-likeness (QED) is 0.399. The van der Waals surface area contributed by atoms with Gasteiger partial charge in [0.25, 0.3) is 0 Å². The van der Waals surface area contributed by atoms with Gasteiger partial charge in [0.1, 0.15) is 0 Å². The van der Waals surface area contributed by atoms with E-state index in [9.17, 15) is 0 Å². The van der Waals surface area contributed by atoms with Crippen molar-refractivity contribution in [1.29, 1.82) is 0 Å². The summed E-state index contributed by atoms with van der Waals surface area (Å²) in [6, 6.07) is 0. The summed E-state index contributed by atoms with van der Waals surface area (Å²) < 4.78 is 1.20. The number of rotatable bonds is 4. The highest BCUT2D eigenvalue weighted by Gasteiger charge is 1.70. The third kappa shape index (κ3) is 8.25. The third-order valence-electron chi connectivity index (χ3n) is 0.922. The zero-order valence-electron chi connectivity index (χ0n) is 5.86. The molecule has 0 nitrogen and oxygen atoms in total. The Kier molecular flexibility index (Phi) is 8.48. The minimum absolute atomic E-state index is 1.15. The molecule has 0 amide bonds. The van der Waals surface area contributed by atoms with E-state index in [0.717, 1.165) is 12.8 Å². The Labute approximate surface area is 71.2 Å². The molecule has 9 heavy (non-hydrogen) atoms. The summed E-state index contributed by atoms with van der Waals surface area (Å²) in [6.45, 7) is 2.18. The van der Waals surface area contributed by atoms with Gasteiger partial charge in [-0.2, -0.15) is 0 Å². The van der Waals surface area contributed by atoms with Crippen LogP contribution in [0.2, 0.25) is 0 Å². The molecule has 1 heteroatoms. The van der Waals surface area contributed by atoms with Crippen LogP contribution in [0.5, 0.6) is 0 Å². The van der Waals surface area contributed by atoms with E-state index >= 15 is 0 Å². The standard InChI is InChI=1S/C8H13I/c1-2-3-4-5-6-7-8-9/h4,6H,2-3,7-8H2,1H3. The predicted molar refractivity (Wildman–Crippen MR) is 51.1 cm³/mol. The Morgan fingerprint density at radius 2 is 2.00 bits per heavy atom. The van der Waals surface area contributed by atoms with E-state index in [-0.39, 0.29) is 0 Å². The number of alkyl halides is 1. The van der Waals surface area contributed by atoms with E-state index in [1.54, 1.807) is 0 Å². The van der Waals surface area contributed by atoms with Crippen LogP contribution in [0.3, 0.4) is 0 Å². The molecule has 0 saturated heterocycles. The first-order valence-electron chi connectivity index (χ1n) is 3.37. The molecule has 0 rings (SSSR count). The van der Waals surface area contributed by atoms with Gasteiger partial charge in [-0.25, -0.2) is 0 Å².